The Morgan fingerprint density at radius 1 is 1.03 bits per heavy atom. The first-order valence-corrected chi connectivity index (χ1v) is 13.3. The predicted octanol–water partition coefficient (Wildman–Crippen LogP) is 2.49. The van der Waals surface area contributed by atoms with Gasteiger partial charge in [-0.25, -0.2) is 8.42 Å². The highest BCUT2D eigenvalue weighted by Gasteiger charge is 2.41. The van der Waals surface area contributed by atoms with Gasteiger partial charge in [-0.05, 0) is 52.2 Å². The van der Waals surface area contributed by atoms with Crippen LogP contribution in [0.25, 0.3) is 11.1 Å². The molecule has 0 radical (unpaired) electrons. The third kappa shape index (κ3) is 4.10. The molecule has 3 aromatic rings. The molecule has 0 bridgehead atoms. The van der Waals surface area contributed by atoms with Crippen molar-refractivity contribution in [3.8, 4) is 11.1 Å². The molecule has 2 aromatic carbocycles. The molecule has 5 rings (SSSR count). The first kappa shape index (κ1) is 22.3. The number of hydrogen-bond donors (Lipinski definition) is 1. The van der Waals surface area contributed by atoms with Crippen molar-refractivity contribution in [2.24, 2.45) is 0 Å². The van der Waals surface area contributed by atoms with Crippen molar-refractivity contribution in [2.75, 3.05) is 30.7 Å². The van der Waals surface area contributed by atoms with Gasteiger partial charge in [0.15, 0.2) is 9.84 Å². The minimum Gasteiger partial charge on any atom is -0.337 e. The van der Waals surface area contributed by atoms with Crippen LogP contribution in [-0.2, 0) is 19.4 Å². The number of benzene rings is 2. The van der Waals surface area contributed by atoms with Crippen LogP contribution in [0.2, 0.25) is 0 Å². The summed E-state index contributed by atoms with van der Waals surface area (Å²) in [5, 5.41) is 6.74. The summed E-state index contributed by atoms with van der Waals surface area (Å²) in [7, 11) is -3.81. The van der Waals surface area contributed by atoms with E-state index in [9.17, 15) is 22.8 Å². The second-order valence-corrected chi connectivity index (χ2v) is 11.0. The fourth-order valence-corrected chi connectivity index (χ4v) is 6.16. The van der Waals surface area contributed by atoms with E-state index in [0.717, 1.165) is 11.1 Å². The molecule has 3 amide bonds. The second-order valence-electron chi connectivity index (χ2n) is 8.19. The van der Waals surface area contributed by atoms with E-state index in [1.807, 2.05) is 22.9 Å². The largest absolute Gasteiger partial charge is 0.337 e. The van der Waals surface area contributed by atoms with Crippen LogP contribution in [0.4, 0.5) is 5.69 Å². The zero-order chi connectivity index (χ0) is 23.9. The minimum atomic E-state index is -3.81. The monoisotopic (exact) mass is 495 g/mol. The number of thiophene rings is 1. The van der Waals surface area contributed by atoms with Crippen LogP contribution in [0.1, 0.15) is 10.4 Å². The van der Waals surface area contributed by atoms with Crippen LogP contribution >= 0.6 is 11.3 Å². The van der Waals surface area contributed by atoms with Crippen molar-refractivity contribution in [1.82, 2.24) is 9.80 Å². The summed E-state index contributed by atoms with van der Waals surface area (Å²) in [6, 6.07) is 14.2. The van der Waals surface area contributed by atoms with E-state index in [4.69, 9.17) is 0 Å². The van der Waals surface area contributed by atoms with Gasteiger partial charge in [-0.1, -0.05) is 24.3 Å². The molecule has 0 aliphatic carbocycles. The summed E-state index contributed by atoms with van der Waals surface area (Å²) >= 11 is 1.56. The molecule has 0 spiro atoms. The third-order valence-corrected chi connectivity index (χ3v) is 8.38. The maximum atomic E-state index is 13.4. The molecular formula is C24H21N3O5S2. The molecule has 1 unspecified atom stereocenters. The van der Waals surface area contributed by atoms with Crippen LogP contribution in [0.5, 0.6) is 0 Å². The normalized spacial score (nSPS) is 18.1. The van der Waals surface area contributed by atoms with Crippen LogP contribution in [0, 0.1) is 0 Å². The van der Waals surface area contributed by atoms with Crippen LogP contribution in [0.15, 0.2) is 70.3 Å². The lowest BCUT2D eigenvalue weighted by molar-refractivity contribution is -0.133. The maximum Gasteiger partial charge on any atom is 0.256 e. The molecule has 34 heavy (non-hydrogen) atoms. The second kappa shape index (κ2) is 8.69. The van der Waals surface area contributed by atoms with E-state index in [0.29, 0.717) is 11.3 Å². The molecule has 3 heterocycles. The molecule has 1 N–H and O–H groups in total. The fourth-order valence-electron chi connectivity index (χ4n) is 4.25. The number of piperazine rings is 1. The van der Waals surface area contributed by atoms with E-state index in [-0.39, 0.29) is 30.4 Å². The van der Waals surface area contributed by atoms with Gasteiger partial charge in [0.25, 0.3) is 5.91 Å². The Labute approximate surface area is 200 Å². The van der Waals surface area contributed by atoms with Gasteiger partial charge >= 0.3 is 0 Å². The summed E-state index contributed by atoms with van der Waals surface area (Å²) in [4.78, 5) is 42.1. The van der Waals surface area contributed by atoms with Gasteiger partial charge in [0.2, 0.25) is 11.8 Å². The van der Waals surface area contributed by atoms with E-state index in [1.54, 1.807) is 41.7 Å². The number of rotatable bonds is 4. The van der Waals surface area contributed by atoms with Crippen LogP contribution in [0.3, 0.4) is 0 Å². The quantitative estimate of drug-likeness (QED) is 0.599. The van der Waals surface area contributed by atoms with E-state index >= 15 is 0 Å². The highest BCUT2D eigenvalue weighted by atomic mass is 32.2. The molecule has 2 aliphatic heterocycles. The van der Waals surface area contributed by atoms with E-state index in [2.05, 4.69) is 5.32 Å². The van der Waals surface area contributed by atoms with Gasteiger partial charge in [-0.2, -0.15) is 11.3 Å². The summed E-state index contributed by atoms with van der Waals surface area (Å²) in [6.45, 7) is 0.223. The number of amides is 3. The number of nitrogens with zero attached hydrogens (tertiary/aromatic N) is 2. The van der Waals surface area contributed by atoms with Crippen molar-refractivity contribution in [3.05, 3.63) is 70.9 Å². The number of carbonyl (C=O) groups is 3. The summed E-state index contributed by atoms with van der Waals surface area (Å²) in [6.07, 6.45) is 0. The van der Waals surface area contributed by atoms with Crippen LogP contribution in [-0.4, -0.2) is 67.4 Å². The molecule has 1 fully saturated rings. The average molecular weight is 496 g/mol. The molecule has 8 nitrogen and oxygen atoms in total. The number of hydrogen-bond acceptors (Lipinski definition) is 6. The SMILES string of the molecule is O=C1Nc2ccc(-c3ccsc3)cc2C(=O)N2CCN(C(=O)CS(=O)(=O)c3ccccc3)CC12. The molecule has 2 aliphatic rings. The number of carbonyl (C=O) groups excluding carboxylic acids is 3. The lowest BCUT2D eigenvalue weighted by Gasteiger charge is -2.39. The number of nitrogens with one attached hydrogen (secondary N) is 1. The van der Waals surface area contributed by atoms with Gasteiger partial charge in [0.1, 0.15) is 11.8 Å². The fraction of sp³-hybridized carbons (Fsp3) is 0.208. The maximum absolute atomic E-state index is 13.4. The van der Waals surface area contributed by atoms with Crippen molar-refractivity contribution < 1.29 is 22.8 Å². The molecule has 174 valence electrons. The van der Waals surface area contributed by atoms with Gasteiger partial charge in [0, 0.05) is 13.1 Å². The average Bonchev–Trinajstić information content (AvgIpc) is 3.36. The Bertz CT molecular complexity index is 1370. The molecule has 1 aromatic heterocycles. The van der Waals surface area contributed by atoms with Crippen molar-refractivity contribution in [3.63, 3.8) is 0 Å². The van der Waals surface area contributed by atoms with Gasteiger partial charge in [-0.3, -0.25) is 14.4 Å². The zero-order valence-electron chi connectivity index (χ0n) is 18.0. The third-order valence-electron chi connectivity index (χ3n) is 6.07. The van der Waals surface area contributed by atoms with E-state index in [1.165, 1.54) is 21.9 Å². The summed E-state index contributed by atoms with van der Waals surface area (Å²) < 4.78 is 25.3. The first-order chi connectivity index (χ1) is 16.3. The summed E-state index contributed by atoms with van der Waals surface area (Å²) in [5.74, 6) is -1.98. The van der Waals surface area contributed by atoms with Crippen LogP contribution < -0.4 is 5.32 Å². The number of anilines is 1. The van der Waals surface area contributed by atoms with Crippen molar-refractivity contribution >= 4 is 44.6 Å². The smallest absolute Gasteiger partial charge is 0.256 e. The lowest BCUT2D eigenvalue weighted by Crippen LogP contribution is -2.60. The first-order valence-electron chi connectivity index (χ1n) is 10.7. The Morgan fingerprint density at radius 2 is 1.82 bits per heavy atom. The minimum absolute atomic E-state index is 0.0634. The molecule has 0 saturated carbocycles. The summed E-state index contributed by atoms with van der Waals surface area (Å²) in [5.41, 5.74) is 2.68. The Morgan fingerprint density at radius 3 is 2.56 bits per heavy atom. The zero-order valence-corrected chi connectivity index (χ0v) is 19.6. The Kier molecular flexibility index (Phi) is 5.70. The van der Waals surface area contributed by atoms with Crippen molar-refractivity contribution in [2.45, 2.75) is 10.9 Å². The molecular weight excluding hydrogens is 474 g/mol. The van der Waals surface area contributed by atoms with Crippen molar-refractivity contribution in [1.29, 1.82) is 0 Å². The standard InChI is InChI=1S/C24H21N3O5S2/c28-22(15-34(31,32)18-4-2-1-3-5-18)26-9-10-27-21(13-26)23(29)25-20-7-6-16(12-19(20)24(27)30)17-8-11-33-14-17/h1-8,11-12,14,21H,9-10,13,15H2,(H,25,29). The van der Waals surface area contributed by atoms with Gasteiger partial charge in [-0.15, -0.1) is 0 Å². The molecule has 10 heteroatoms. The highest BCUT2D eigenvalue weighted by Crippen LogP contribution is 2.31. The Balaban J connectivity index is 1.36. The van der Waals surface area contributed by atoms with Gasteiger partial charge < -0.3 is 15.1 Å². The Hall–Kier alpha value is -3.50. The van der Waals surface area contributed by atoms with E-state index < -0.39 is 33.4 Å². The predicted molar refractivity (Wildman–Crippen MR) is 128 cm³/mol. The molecule has 1 saturated heterocycles. The molecule has 1 atom stereocenters. The highest BCUT2D eigenvalue weighted by molar-refractivity contribution is 7.92. The number of sulfone groups is 1. The number of fused-ring (bicyclic) bond motifs is 2. The topological polar surface area (TPSA) is 104 Å². The lowest BCUT2D eigenvalue weighted by atomic mass is 10.0. The van der Waals surface area contributed by atoms with Gasteiger partial charge in [0.05, 0.1) is 22.7 Å².